The van der Waals surface area contributed by atoms with Crippen LogP contribution < -0.4 is 5.43 Å². The van der Waals surface area contributed by atoms with Gasteiger partial charge in [0, 0.05) is 5.92 Å². The Morgan fingerprint density at radius 3 is 2.75 bits per heavy atom. The molecular formula is C10H15N2. The van der Waals surface area contributed by atoms with Crippen LogP contribution >= 0.6 is 0 Å². The van der Waals surface area contributed by atoms with E-state index in [4.69, 9.17) is 0 Å². The van der Waals surface area contributed by atoms with Crippen LogP contribution in [0.25, 0.3) is 0 Å². The summed E-state index contributed by atoms with van der Waals surface area (Å²) in [5.41, 5.74) is 8.03. The molecule has 2 nitrogen and oxygen atoms in total. The summed E-state index contributed by atoms with van der Waals surface area (Å²) in [6.45, 7) is 4.28. The molecule has 0 amide bonds. The van der Waals surface area contributed by atoms with E-state index in [0.29, 0.717) is 0 Å². The van der Waals surface area contributed by atoms with E-state index in [1.165, 1.54) is 30.5 Å². The van der Waals surface area contributed by atoms with Gasteiger partial charge in [-0.25, -0.2) is 0 Å². The van der Waals surface area contributed by atoms with E-state index in [0.717, 1.165) is 18.0 Å². The molecule has 0 atom stereocenters. The highest BCUT2D eigenvalue weighted by Crippen LogP contribution is 2.36. The molecule has 0 aromatic heterocycles. The fourth-order valence-corrected chi connectivity index (χ4v) is 1.68. The predicted molar refractivity (Wildman–Crippen MR) is 49.9 cm³/mol. The van der Waals surface area contributed by atoms with Crippen molar-refractivity contribution in [2.45, 2.75) is 39.5 Å². The first-order valence-corrected chi connectivity index (χ1v) is 4.81. The lowest BCUT2D eigenvalue weighted by Gasteiger charge is -2.02. The van der Waals surface area contributed by atoms with Crippen LogP contribution in [0.2, 0.25) is 0 Å². The SMILES string of the molecule is CCCC1=C(C)[N]N=C1C1CC1. The second-order valence-corrected chi connectivity index (χ2v) is 3.67. The van der Waals surface area contributed by atoms with Gasteiger partial charge in [-0.2, -0.15) is 10.5 Å². The van der Waals surface area contributed by atoms with E-state index >= 15 is 0 Å². The van der Waals surface area contributed by atoms with E-state index in [1.54, 1.807) is 0 Å². The fraction of sp³-hybridized carbons (Fsp3) is 0.700. The fourth-order valence-electron chi connectivity index (χ4n) is 1.68. The molecule has 2 heteroatoms. The van der Waals surface area contributed by atoms with Crippen molar-refractivity contribution in [3.8, 4) is 0 Å². The maximum atomic E-state index is 4.25. The summed E-state index contributed by atoms with van der Waals surface area (Å²) in [4.78, 5) is 0. The second-order valence-electron chi connectivity index (χ2n) is 3.67. The highest BCUT2D eigenvalue weighted by Gasteiger charge is 2.33. The van der Waals surface area contributed by atoms with Crippen molar-refractivity contribution in [3.63, 3.8) is 0 Å². The molecule has 0 aromatic rings. The smallest absolute Gasteiger partial charge is 0.0712 e. The standard InChI is InChI=1S/C10H15N2/c1-3-4-9-7(2)11-12-10(9)8-5-6-8/h8H,3-6H2,1-2H3. The average Bonchev–Trinajstić information content (AvgIpc) is 2.82. The average molecular weight is 163 g/mol. The van der Waals surface area contributed by atoms with Crippen LogP contribution in [-0.4, -0.2) is 5.71 Å². The lowest BCUT2D eigenvalue weighted by Crippen LogP contribution is -2.02. The highest BCUT2D eigenvalue weighted by atomic mass is 15.3. The summed E-state index contributed by atoms with van der Waals surface area (Å²) in [7, 11) is 0. The molecule has 0 N–H and O–H groups in total. The Balaban J connectivity index is 2.13. The van der Waals surface area contributed by atoms with Crippen molar-refractivity contribution < 1.29 is 0 Å². The van der Waals surface area contributed by atoms with Gasteiger partial charge in [0.05, 0.1) is 11.4 Å². The van der Waals surface area contributed by atoms with Crippen molar-refractivity contribution in [2.24, 2.45) is 11.0 Å². The Labute approximate surface area is 73.7 Å². The van der Waals surface area contributed by atoms with E-state index in [9.17, 15) is 0 Å². The molecule has 1 aliphatic carbocycles. The predicted octanol–water partition coefficient (Wildman–Crippen LogP) is 2.44. The molecule has 2 rings (SSSR count). The van der Waals surface area contributed by atoms with Gasteiger partial charge in [0.2, 0.25) is 0 Å². The van der Waals surface area contributed by atoms with E-state index in [-0.39, 0.29) is 0 Å². The van der Waals surface area contributed by atoms with Crippen molar-refractivity contribution in [1.29, 1.82) is 0 Å². The Morgan fingerprint density at radius 1 is 1.42 bits per heavy atom. The molecular weight excluding hydrogens is 148 g/mol. The molecule has 0 saturated heterocycles. The van der Waals surface area contributed by atoms with Crippen molar-refractivity contribution in [1.82, 2.24) is 5.43 Å². The molecule has 1 heterocycles. The largest absolute Gasteiger partial charge is 0.155 e. The zero-order valence-corrected chi connectivity index (χ0v) is 7.80. The topological polar surface area (TPSA) is 26.5 Å². The molecule has 0 aromatic carbocycles. The van der Waals surface area contributed by atoms with Gasteiger partial charge >= 0.3 is 0 Å². The van der Waals surface area contributed by atoms with Crippen LogP contribution in [-0.2, 0) is 0 Å². The number of nitrogens with zero attached hydrogens (tertiary/aromatic N) is 2. The summed E-state index contributed by atoms with van der Waals surface area (Å²) in [6, 6.07) is 0. The molecule has 2 aliphatic rings. The maximum absolute atomic E-state index is 4.25. The van der Waals surface area contributed by atoms with Crippen LogP contribution in [0.4, 0.5) is 0 Å². The van der Waals surface area contributed by atoms with Gasteiger partial charge in [-0.15, -0.1) is 0 Å². The molecule has 1 fully saturated rings. The maximum Gasteiger partial charge on any atom is 0.0712 e. The zero-order valence-electron chi connectivity index (χ0n) is 7.80. The minimum absolute atomic E-state index is 0.757. The summed E-state index contributed by atoms with van der Waals surface area (Å²) in [5.74, 6) is 0.757. The van der Waals surface area contributed by atoms with E-state index < -0.39 is 0 Å². The second kappa shape index (κ2) is 2.92. The molecule has 1 aliphatic heterocycles. The van der Waals surface area contributed by atoms with Gasteiger partial charge in [0.1, 0.15) is 0 Å². The van der Waals surface area contributed by atoms with Crippen LogP contribution in [0.3, 0.4) is 0 Å². The third kappa shape index (κ3) is 1.26. The van der Waals surface area contributed by atoms with Crippen LogP contribution in [0.1, 0.15) is 39.5 Å². The number of rotatable bonds is 3. The van der Waals surface area contributed by atoms with Crippen LogP contribution in [0.15, 0.2) is 16.4 Å². The zero-order chi connectivity index (χ0) is 8.55. The van der Waals surface area contributed by atoms with Crippen molar-refractivity contribution >= 4 is 5.71 Å². The van der Waals surface area contributed by atoms with Crippen molar-refractivity contribution in [2.75, 3.05) is 0 Å². The Hall–Kier alpha value is -0.790. The van der Waals surface area contributed by atoms with E-state index in [1.807, 2.05) is 0 Å². The molecule has 1 saturated carbocycles. The summed E-state index contributed by atoms with van der Waals surface area (Å²) in [6.07, 6.45) is 5.02. The first kappa shape index (κ1) is 7.84. The third-order valence-corrected chi connectivity index (χ3v) is 2.52. The Morgan fingerprint density at radius 2 is 2.17 bits per heavy atom. The monoisotopic (exact) mass is 163 g/mol. The van der Waals surface area contributed by atoms with E-state index in [2.05, 4.69) is 24.4 Å². The van der Waals surface area contributed by atoms with Gasteiger partial charge in [0.15, 0.2) is 0 Å². The molecule has 0 unspecified atom stereocenters. The van der Waals surface area contributed by atoms with Gasteiger partial charge in [-0.3, -0.25) is 0 Å². The lowest BCUT2D eigenvalue weighted by atomic mass is 10.0. The molecule has 12 heavy (non-hydrogen) atoms. The van der Waals surface area contributed by atoms with Crippen molar-refractivity contribution in [3.05, 3.63) is 11.3 Å². The first-order chi connectivity index (χ1) is 5.83. The minimum Gasteiger partial charge on any atom is -0.155 e. The van der Waals surface area contributed by atoms with Crippen LogP contribution in [0, 0.1) is 5.92 Å². The summed E-state index contributed by atoms with van der Waals surface area (Å²) in [5, 5.41) is 4.25. The number of allylic oxidation sites excluding steroid dienone is 2. The normalized spacial score (nSPS) is 22.7. The third-order valence-electron chi connectivity index (χ3n) is 2.52. The van der Waals surface area contributed by atoms with Crippen LogP contribution in [0.5, 0.6) is 0 Å². The summed E-state index contributed by atoms with van der Waals surface area (Å²) < 4.78 is 0. The van der Waals surface area contributed by atoms with Gasteiger partial charge < -0.3 is 0 Å². The molecule has 65 valence electrons. The Kier molecular flexibility index (Phi) is 1.91. The number of hydrogen-bond donors (Lipinski definition) is 0. The van der Waals surface area contributed by atoms with Gasteiger partial charge in [0.25, 0.3) is 0 Å². The number of hydrogen-bond acceptors (Lipinski definition) is 1. The van der Waals surface area contributed by atoms with Gasteiger partial charge in [-0.05, 0) is 31.8 Å². The molecule has 0 spiro atoms. The first-order valence-electron chi connectivity index (χ1n) is 4.81. The minimum atomic E-state index is 0.757. The lowest BCUT2D eigenvalue weighted by molar-refractivity contribution is 0.866. The highest BCUT2D eigenvalue weighted by molar-refractivity contribution is 6.04. The summed E-state index contributed by atoms with van der Waals surface area (Å²) >= 11 is 0. The van der Waals surface area contributed by atoms with Gasteiger partial charge in [-0.1, -0.05) is 13.3 Å². The quantitative estimate of drug-likeness (QED) is 0.611. The Bertz CT molecular complexity index is 247. The molecule has 0 bridgehead atoms. The molecule has 1 radical (unpaired) electrons.